The Hall–Kier alpha value is -0.610. The molecule has 2 fully saturated rings. The molecule has 0 saturated heterocycles. The summed E-state index contributed by atoms with van der Waals surface area (Å²) in [5.74, 6) is 0.330. The number of aliphatic hydroxyl groups is 1. The van der Waals surface area contributed by atoms with E-state index in [0.717, 1.165) is 19.3 Å². The summed E-state index contributed by atoms with van der Waals surface area (Å²) in [6.45, 7) is 1.06. The van der Waals surface area contributed by atoms with Gasteiger partial charge in [-0.25, -0.2) is 0 Å². The van der Waals surface area contributed by atoms with Crippen LogP contribution < -0.4 is 10.6 Å². The molecule has 0 heterocycles. The number of amides is 1. The van der Waals surface area contributed by atoms with E-state index >= 15 is 0 Å². The number of carbonyl (C=O) groups excluding carboxylic acids is 1. The maximum absolute atomic E-state index is 11.4. The summed E-state index contributed by atoms with van der Waals surface area (Å²) in [6.07, 6.45) is 5.21. The Kier molecular flexibility index (Phi) is 3.59. The van der Waals surface area contributed by atoms with Crippen LogP contribution in [0.3, 0.4) is 0 Å². The molecule has 3 N–H and O–H groups in total. The van der Waals surface area contributed by atoms with Crippen LogP contribution in [0.5, 0.6) is 0 Å². The lowest BCUT2D eigenvalue weighted by Crippen LogP contribution is -2.38. The number of nitrogens with one attached hydrogen (secondary N) is 2. The average molecular weight is 212 g/mol. The van der Waals surface area contributed by atoms with E-state index in [1.807, 2.05) is 0 Å². The number of hydrogen-bond donors (Lipinski definition) is 3. The summed E-state index contributed by atoms with van der Waals surface area (Å²) >= 11 is 0. The van der Waals surface area contributed by atoms with Crippen LogP contribution in [0.25, 0.3) is 0 Å². The zero-order chi connectivity index (χ0) is 10.7. The molecule has 0 aromatic heterocycles. The summed E-state index contributed by atoms with van der Waals surface area (Å²) < 4.78 is 0. The standard InChI is InChI=1S/C11H20N2O2/c14-10-3-1-2-8(10)6-13-11(15)7-12-9-4-5-9/h8-10,12,14H,1-7H2,(H,13,15). The van der Waals surface area contributed by atoms with Crippen molar-refractivity contribution in [3.8, 4) is 0 Å². The van der Waals surface area contributed by atoms with Crippen molar-refractivity contribution >= 4 is 5.91 Å². The molecule has 2 aliphatic rings. The van der Waals surface area contributed by atoms with E-state index in [0.29, 0.717) is 19.1 Å². The van der Waals surface area contributed by atoms with Gasteiger partial charge in [0.25, 0.3) is 0 Å². The molecular weight excluding hydrogens is 192 g/mol. The van der Waals surface area contributed by atoms with E-state index in [-0.39, 0.29) is 17.9 Å². The summed E-state index contributed by atoms with van der Waals surface area (Å²) in [5, 5.41) is 15.6. The van der Waals surface area contributed by atoms with E-state index < -0.39 is 0 Å². The Balaban J connectivity index is 1.57. The van der Waals surface area contributed by atoms with Gasteiger partial charge < -0.3 is 15.7 Å². The Morgan fingerprint density at radius 3 is 2.67 bits per heavy atom. The van der Waals surface area contributed by atoms with Crippen LogP contribution in [0, 0.1) is 5.92 Å². The Labute approximate surface area is 90.4 Å². The Morgan fingerprint density at radius 1 is 1.27 bits per heavy atom. The monoisotopic (exact) mass is 212 g/mol. The van der Waals surface area contributed by atoms with Gasteiger partial charge in [-0.2, -0.15) is 0 Å². The highest BCUT2D eigenvalue weighted by atomic mass is 16.3. The van der Waals surface area contributed by atoms with Crippen molar-refractivity contribution in [3.63, 3.8) is 0 Å². The van der Waals surface area contributed by atoms with Gasteiger partial charge in [-0.05, 0) is 25.7 Å². The molecular formula is C11H20N2O2. The van der Waals surface area contributed by atoms with Gasteiger partial charge in [-0.15, -0.1) is 0 Å². The molecule has 0 bridgehead atoms. The molecule has 4 nitrogen and oxygen atoms in total. The van der Waals surface area contributed by atoms with Crippen LogP contribution in [0.1, 0.15) is 32.1 Å². The van der Waals surface area contributed by atoms with Crippen LogP contribution in [-0.4, -0.2) is 36.2 Å². The fourth-order valence-electron chi connectivity index (χ4n) is 2.09. The molecule has 15 heavy (non-hydrogen) atoms. The average Bonchev–Trinajstić information content (AvgIpc) is 2.96. The Morgan fingerprint density at radius 2 is 2.07 bits per heavy atom. The van der Waals surface area contributed by atoms with E-state index in [2.05, 4.69) is 10.6 Å². The minimum Gasteiger partial charge on any atom is -0.393 e. The van der Waals surface area contributed by atoms with Gasteiger partial charge >= 0.3 is 0 Å². The van der Waals surface area contributed by atoms with Crippen molar-refractivity contribution in [2.75, 3.05) is 13.1 Å². The molecule has 0 spiro atoms. The highest BCUT2D eigenvalue weighted by Gasteiger charge is 2.25. The van der Waals surface area contributed by atoms with E-state index in [9.17, 15) is 9.90 Å². The quantitative estimate of drug-likeness (QED) is 0.602. The van der Waals surface area contributed by atoms with E-state index in [1.54, 1.807) is 0 Å². The molecule has 4 heteroatoms. The zero-order valence-electron chi connectivity index (χ0n) is 9.04. The molecule has 2 unspecified atom stereocenters. The molecule has 0 aromatic rings. The van der Waals surface area contributed by atoms with E-state index in [4.69, 9.17) is 0 Å². The predicted octanol–water partition coefficient (Wildman–Crippen LogP) is 0.0156. The van der Waals surface area contributed by atoms with Crippen molar-refractivity contribution in [1.82, 2.24) is 10.6 Å². The van der Waals surface area contributed by atoms with Gasteiger partial charge in [0.2, 0.25) is 5.91 Å². The fraction of sp³-hybridized carbons (Fsp3) is 0.909. The minimum atomic E-state index is -0.207. The number of rotatable bonds is 5. The first-order valence-electron chi connectivity index (χ1n) is 5.94. The molecule has 86 valence electrons. The van der Waals surface area contributed by atoms with E-state index in [1.165, 1.54) is 12.8 Å². The normalized spacial score (nSPS) is 30.5. The molecule has 0 aromatic carbocycles. The van der Waals surface area contributed by atoms with Gasteiger partial charge in [0.15, 0.2) is 0 Å². The molecule has 2 rings (SSSR count). The van der Waals surface area contributed by atoms with Crippen LogP contribution in [0.15, 0.2) is 0 Å². The second-order valence-electron chi connectivity index (χ2n) is 4.72. The smallest absolute Gasteiger partial charge is 0.233 e. The first-order chi connectivity index (χ1) is 7.25. The molecule has 0 aliphatic heterocycles. The molecule has 2 saturated carbocycles. The van der Waals surface area contributed by atoms with Crippen molar-refractivity contribution in [3.05, 3.63) is 0 Å². The van der Waals surface area contributed by atoms with Gasteiger partial charge in [0.1, 0.15) is 0 Å². The second-order valence-corrected chi connectivity index (χ2v) is 4.72. The lowest BCUT2D eigenvalue weighted by Gasteiger charge is -2.15. The lowest BCUT2D eigenvalue weighted by molar-refractivity contribution is -0.120. The lowest BCUT2D eigenvalue weighted by atomic mass is 10.1. The fourth-order valence-corrected chi connectivity index (χ4v) is 2.09. The van der Waals surface area contributed by atoms with Crippen LogP contribution in [-0.2, 0) is 4.79 Å². The van der Waals surface area contributed by atoms with Gasteiger partial charge in [-0.3, -0.25) is 4.79 Å². The highest BCUT2D eigenvalue weighted by molar-refractivity contribution is 5.78. The third kappa shape index (κ3) is 3.47. The van der Waals surface area contributed by atoms with Gasteiger partial charge in [0.05, 0.1) is 12.6 Å². The van der Waals surface area contributed by atoms with Crippen LogP contribution in [0.4, 0.5) is 0 Å². The second kappa shape index (κ2) is 4.94. The first kappa shape index (κ1) is 10.9. The summed E-state index contributed by atoms with van der Waals surface area (Å²) in [7, 11) is 0. The van der Waals surface area contributed by atoms with Crippen molar-refractivity contribution in [2.45, 2.75) is 44.2 Å². The number of aliphatic hydroxyl groups excluding tert-OH is 1. The molecule has 0 radical (unpaired) electrons. The van der Waals surface area contributed by atoms with Crippen LogP contribution in [0.2, 0.25) is 0 Å². The van der Waals surface area contributed by atoms with Crippen molar-refractivity contribution in [1.29, 1.82) is 0 Å². The highest BCUT2D eigenvalue weighted by Crippen LogP contribution is 2.24. The maximum atomic E-state index is 11.4. The third-order valence-corrected chi connectivity index (χ3v) is 3.31. The van der Waals surface area contributed by atoms with Gasteiger partial charge in [-0.1, -0.05) is 6.42 Å². The summed E-state index contributed by atoms with van der Waals surface area (Å²) in [4.78, 5) is 11.4. The number of carbonyl (C=O) groups is 1. The van der Waals surface area contributed by atoms with Gasteiger partial charge in [0, 0.05) is 18.5 Å². The largest absolute Gasteiger partial charge is 0.393 e. The van der Waals surface area contributed by atoms with Crippen molar-refractivity contribution < 1.29 is 9.90 Å². The van der Waals surface area contributed by atoms with Crippen molar-refractivity contribution in [2.24, 2.45) is 5.92 Å². The number of hydrogen-bond acceptors (Lipinski definition) is 3. The SMILES string of the molecule is O=C(CNC1CC1)NCC1CCCC1O. The third-order valence-electron chi connectivity index (χ3n) is 3.31. The van der Waals surface area contributed by atoms with Crippen LogP contribution >= 0.6 is 0 Å². The Bertz CT molecular complexity index is 229. The molecule has 2 aliphatic carbocycles. The first-order valence-corrected chi connectivity index (χ1v) is 5.94. The minimum absolute atomic E-state index is 0.0565. The summed E-state index contributed by atoms with van der Waals surface area (Å²) in [5.41, 5.74) is 0. The maximum Gasteiger partial charge on any atom is 0.233 e. The zero-order valence-corrected chi connectivity index (χ0v) is 9.04. The molecule has 2 atom stereocenters. The predicted molar refractivity (Wildman–Crippen MR) is 57.4 cm³/mol. The topological polar surface area (TPSA) is 61.4 Å². The molecule has 1 amide bonds. The summed E-state index contributed by atoms with van der Waals surface area (Å²) in [6, 6.07) is 0.577.